The van der Waals surface area contributed by atoms with Crippen LogP contribution >= 0.6 is 0 Å². The first-order valence-corrected chi connectivity index (χ1v) is 5.82. The van der Waals surface area contributed by atoms with Crippen molar-refractivity contribution in [3.8, 4) is 0 Å². The molecule has 0 amide bonds. The number of hydrogen-bond donors (Lipinski definition) is 1. The lowest BCUT2D eigenvalue weighted by Gasteiger charge is -2.41. The summed E-state index contributed by atoms with van der Waals surface area (Å²) >= 11 is 0. The second-order valence-corrected chi connectivity index (χ2v) is 4.92. The van der Waals surface area contributed by atoms with Gasteiger partial charge in [-0.05, 0) is 24.7 Å². The van der Waals surface area contributed by atoms with Crippen LogP contribution in [0.1, 0.15) is 59.3 Å². The molecule has 0 aliphatic heterocycles. The highest BCUT2D eigenvalue weighted by molar-refractivity contribution is 4.89. The van der Waals surface area contributed by atoms with E-state index >= 15 is 0 Å². The van der Waals surface area contributed by atoms with Crippen LogP contribution < -0.4 is 0 Å². The summed E-state index contributed by atoms with van der Waals surface area (Å²) in [6, 6.07) is 0. The van der Waals surface area contributed by atoms with E-state index < -0.39 is 0 Å². The van der Waals surface area contributed by atoms with Crippen LogP contribution in [0, 0.1) is 11.8 Å². The van der Waals surface area contributed by atoms with Crippen LogP contribution in [0.25, 0.3) is 0 Å². The predicted octanol–water partition coefficient (Wildman–Crippen LogP) is 3.36. The molecular formula is C12H24O. The molecule has 0 aromatic carbocycles. The highest BCUT2D eigenvalue weighted by Crippen LogP contribution is 2.39. The Balaban J connectivity index is 2.63. The molecule has 1 aliphatic carbocycles. The molecule has 1 atom stereocenters. The average molecular weight is 184 g/mol. The fraction of sp³-hybridized carbons (Fsp3) is 1.00. The van der Waals surface area contributed by atoms with Gasteiger partial charge in [0.05, 0.1) is 5.60 Å². The van der Waals surface area contributed by atoms with E-state index in [1.807, 2.05) is 0 Å². The summed E-state index contributed by atoms with van der Waals surface area (Å²) in [4.78, 5) is 0. The Hall–Kier alpha value is -0.0400. The van der Waals surface area contributed by atoms with Gasteiger partial charge in [0.15, 0.2) is 0 Å². The van der Waals surface area contributed by atoms with Crippen molar-refractivity contribution in [1.29, 1.82) is 0 Å². The Labute approximate surface area is 82.5 Å². The van der Waals surface area contributed by atoms with Crippen molar-refractivity contribution >= 4 is 0 Å². The highest BCUT2D eigenvalue weighted by Gasteiger charge is 2.37. The number of hydrogen-bond acceptors (Lipinski definition) is 1. The first-order valence-electron chi connectivity index (χ1n) is 5.82. The molecule has 0 aromatic rings. The predicted molar refractivity (Wildman–Crippen MR) is 56.7 cm³/mol. The SMILES string of the molecule is CCC(C(C)C)C1(O)CCCCC1. The fourth-order valence-corrected chi connectivity index (χ4v) is 3.01. The lowest BCUT2D eigenvalue weighted by atomic mass is 9.70. The molecule has 0 bridgehead atoms. The van der Waals surface area contributed by atoms with Crippen LogP contribution in [-0.4, -0.2) is 10.7 Å². The van der Waals surface area contributed by atoms with Crippen molar-refractivity contribution in [2.75, 3.05) is 0 Å². The van der Waals surface area contributed by atoms with Crippen molar-refractivity contribution in [3.05, 3.63) is 0 Å². The smallest absolute Gasteiger partial charge is 0.0678 e. The molecule has 1 saturated carbocycles. The van der Waals surface area contributed by atoms with Gasteiger partial charge in [0.25, 0.3) is 0 Å². The maximum absolute atomic E-state index is 10.5. The van der Waals surface area contributed by atoms with Gasteiger partial charge in [0, 0.05) is 0 Å². The van der Waals surface area contributed by atoms with Crippen LogP contribution in [0.2, 0.25) is 0 Å². The quantitative estimate of drug-likeness (QED) is 0.713. The third-order valence-corrected chi connectivity index (χ3v) is 3.65. The average Bonchev–Trinajstić information content (AvgIpc) is 2.05. The van der Waals surface area contributed by atoms with E-state index in [1.165, 1.54) is 19.3 Å². The van der Waals surface area contributed by atoms with Crippen molar-refractivity contribution in [2.45, 2.75) is 64.9 Å². The largest absolute Gasteiger partial charge is 0.390 e. The number of rotatable bonds is 3. The van der Waals surface area contributed by atoms with E-state index in [1.54, 1.807) is 0 Å². The Morgan fingerprint density at radius 1 is 1.15 bits per heavy atom. The molecule has 1 nitrogen and oxygen atoms in total. The van der Waals surface area contributed by atoms with Gasteiger partial charge in [-0.15, -0.1) is 0 Å². The summed E-state index contributed by atoms with van der Waals surface area (Å²) in [6.45, 7) is 6.68. The van der Waals surface area contributed by atoms with E-state index in [-0.39, 0.29) is 5.60 Å². The molecule has 1 N–H and O–H groups in total. The van der Waals surface area contributed by atoms with Gasteiger partial charge in [0.1, 0.15) is 0 Å². The molecule has 0 heterocycles. The molecule has 1 rings (SSSR count). The summed E-state index contributed by atoms with van der Waals surface area (Å²) in [6.07, 6.45) is 6.94. The van der Waals surface area contributed by atoms with Crippen molar-refractivity contribution in [3.63, 3.8) is 0 Å². The standard InChI is InChI=1S/C12H24O/c1-4-11(10(2)3)12(13)8-6-5-7-9-12/h10-11,13H,4-9H2,1-3H3. The molecule has 0 radical (unpaired) electrons. The summed E-state index contributed by atoms with van der Waals surface area (Å²) in [5.41, 5.74) is -0.332. The zero-order valence-corrected chi connectivity index (χ0v) is 9.34. The molecule has 1 unspecified atom stereocenters. The van der Waals surface area contributed by atoms with Crippen LogP contribution in [0.4, 0.5) is 0 Å². The lowest BCUT2D eigenvalue weighted by molar-refractivity contribution is -0.0665. The van der Waals surface area contributed by atoms with Crippen LogP contribution in [0.15, 0.2) is 0 Å². The molecule has 1 heteroatoms. The van der Waals surface area contributed by atoms with E-state index in [0.29, 0.717) is 11.8 Å². The monoisotopic (exact) mass is 184 g/mol. The molecule has 78 valence electrons. The first kappa shape index (κ1) is 11.0. The minimum atomic E-state index is -0.332. The maximum Gasteiger partial charge on any atom is 0.0678 e. The summed E-state index contributed by atoms with van der Waals surface area (Å²) in [5.74, 6) is 1.13. The molecule has 0 saturated heterocycles. The van der Waals surface area contributed by atoms with Gasteiger partial charge < -0.3 is 5.11 Å². The van der Waals surface area contributed by atoms with Gasteiger partial charge in [-0.1, -0.05) is 46.5 Å². The van der Waals surface area contributed by atoms with E-state index in [9.17, 15) is 5.11 Å². The fourth-order valence-electron chi connectivity index (χ4n) is 3.01. The minimum Gasteiger partial charge on any atom is -0.390 e. The second-order valence-electron chi connectivity index (χ2n) is 4.92. The molecule has 0 spiro atoms. The topological polar surface area (TPSA) is 20.2 Å². The third-order valence-electron chi connectivity index (χ3n) is 3.65. The summed E-state index contributed by atoms with van der Waals surface area (Å²) < 4.78 is 0. The normalized spacial score (nSPS) is 24.7. The van der Waals surface area contributed by atoms with Crippen LogP contribution in [0.3, 0.4) is 0 Å². The molecule has 1 aliphatic rings. The molecule has 1 fully saturated rings. The number of aliphatic hydroxyl groups is 1. The van der Waals surface area contributed by atoms with Gasteiger partial charge in [-0.3, -0.25) is 0 Å². The Bertz CT molecular complexity index is 145. The maximum atomic E-state index is 10.5. The van der Waals surface area contributed by atoms with Crippen molar-refractivity contribution in [2.24, 2.45) is 11.8 Å². The van der Waals surface area contributed by atoms with E-state index in [0.717, 1.165) is 19.3 Å². The zero-order valence-electron chi connectivity index (χ0n) is 9.34. The Kier molecular flexibility index (Phi) is 3.78. The summed E-state index contributed by atoms with van der Waals surface area (Å²) in [7, 11) is 0. The minimum absolute atomic E-state index is 0.332. The van der Waals surface area contributed by atoms with Crippen molar-refractivity contribution in [1.82, 2.24) is 0 Å². The van der Waals surface area contributed by atoms with Crippen LogP contribution in [0.5, 0.6) is 0 Å². The van der Waals surface area contributed by atoms with Gasteiger partial charge in [-0.25, -0.2) is 0 Å². The second kappa shape index (κ2) is 4.45. The highest BCUT2D eigenvalue weighted by atomic mass is 16.3. The van der Waals surface area contributed by atoms with Gasteiger partial charge in [-0.2, -0.15) is 0 Å². The van der Waals surface area contributed by atoms with Gasteiger partial charge in [0.2, 0.25) is 0 Å². The molecular weight excluding hydrogens is 160 g/mol. The lowest BCUT2D eigenvalue weighted by Crippen LogP contribution is -2.42. The third kappa shape index (κ3) is 2.46. The van der Waals surface area contributed by atoms with E-state index in [2.05, 4.69) is 20.8 Å². The van der Waals surface area contributed by atoms with Crippen LogP contribution in [-0.2, 0) is 0 Å². The van der Waals surface area contributed by atoms with Gasteiger partial charge >= 0.3 is 0 Å². The summed E-state index contributed by atoms with van der Waals surface area (Å²) in [5, 5.41) is 10.5. The Morgan fingerprint density at radius 2 is 1.69 bits per heavy atom. The first-order chi connectivity index (χ1) is 6.10. The molecule has 0 aromatic heterocycles. The van der Waals surface area contributed by atoms with Crippen molar-refractivity contribution < 1.29 is 5.11 Å². The van der Waals surface area contributed by atoms with E-state index in [4.69, 9.17) is 0 Å². The Morgan fingerprint density at radius 3 is 2.08 bits per heavy atom. The molecule has 13 heavy (non-hydrogen) atoms. The zero-order chi connectivity index (χ0) is 9.90.